The molecule has 0 aromatic carbocycles. The van der Waals surface area contributed by atoms with E-state index in [2.05, 4.69) is 0 Å². The molecular weight excluding hydrogens is 196 g/mol. The van der Waals surface area contributed by atoms with Crippen molar-refractivity contribution in [1.29, 1.82) is 0 Å². The van der Waals surface area contributed by atoms with Gasteiger partial charge in [-0.1, -0.05) is 6.47 Å². The van der Waals surface area contributed by atoms with E-state index in [0.717, 1.165) is 0 Å². The molecule has 0 saturated carbocycles. The second-order valence-corrected chi connectivity index (χ2v) is 1.41. The molecule has 0 aliphatic carbocycles. The van der Waals surface area contributed by atoms with E-state index in [9.17, 15) is 9.59 Å². The Hall–Kier alpha value is -0.994. The predicted octanol–water partition coefficient (Wildman–Crippen LogP) is -1.32. The van der Waals surface area contributed by atoms with Crippen LogP contribution in [0.25, 0.3) is 0 Å². The van der Waals surface area contributed by atoms with E-state index in [1.54, 1.807) is 0 Å². The molecule has 7 nitrogen and oxygen atoms in total. The third-order valence-corrected chi connectivity index (χ3v) is 0.566. The normalized spacial score (nSPS) is 6.85. The van der Waals surface area contributed by atoms with Crippen LogP contribution >= 0.6 is 0 Å². The summed E-state index contributed by atoms with van der Waals surface area (Å²) in [6.07, 6.45) is -1.89. The molecule has 4 N–H and O–H groups in total. The summed E-state index contributed by atoms with van der Waals surface area (Å²) in [5.41, 5.74) is 0. The zero-order chi connectivity index (χ0) is 10.1. The standard InChI is InChI=1S/C4H5O5.CHO2.Mg/c5-2(4(8)9)1-3(6)7;2-1-3;/h5H,1H2,(H,6,7)(H,8,9);(H,2,3);/q2*-1;+2. The molecular formula is C5H6MgO7. The van der Waals surface area contributed by atoms with Crippen molar-refractivity contribution >= 4 is 41.5 Å². The molecule has 0 rings (SSSR count). The van der Waals surface area contributed by atoms with Gasteiger partial charge in [0.2, 0.25) is 0 Å². The summed E-state index contributed by atoms with van der Waals surface area (Å²) in [6.45, 7) is 0.500. The van der Waals surface area contributed by atoms with Gasteiger partial charge in [-0.05, 0) is 6.42 Å². The molecule has 8 heteroatoms. The van der Waals surface area contributed by atoms with Gasteiger partial charge in [0.25, 0.3) is 5.97 Å². The number of rotatable bonds is 3. The fourth-order valence-electron chi connectivity index (χ4n) is 0.219. The van der Waals surface area contributed by atoms with Gasteiger partial charge in [0, 0.05) is 0 Å². The molecule has 0 spiro atoms. The Morgan fingerprint density at radius 2 is 1.62 bits per heavy atom. The summed E-state index contributed by atoms with van der Waals surface area (Å²) in [4.78, 5) is 27.6. The number of carbonyl (C=O) groups is 2. The van der Waals surface area contributed by atoms with Gasteiger partial charge < -0.3 is 25.2 Å². The van der Waals surface area contributed by atoms with E-state index in [-0.39, 0.29) is 23.1 Å². The third kappa shape index (κ3) is 18.2. The van der Waals surface area contributed by atoms with Crippen molar-refractivity contribution in [2.45, 2.75) is 6.42 Å². The molecule has 0 aliphatic heterocycles. The molecule has 13 heavy (non-hydrogen) atoms. The van der Waals surface area contributed by atoms with Crippen LogP contribution in [-0.2, 0) is 14.4 Å². The summed E-state index contributed by atoms with van der Waals surface area (Å²) in [7, 11) is 0. The van der Waals surface area contributed by atoms with Crippen LogP contribution in [0.4, 0.5) is 0 Å². The maximum Gasteiger partial charge on any atom is 2.00 e. The van der Waals surface area contributed by atoms with Crippen molar-refractivity contribution in [3.8, 4) is 0 Å². The molecule has 0 aliphatic rings. The molecule has 0 heterocycles. The van der Waals surface area contributed by atoms with Gasteiger partial charge in [0.15, 0.2) is 5.97 Å². The van der Waals surface area contributed by atoms with Crippen molar-refractivity contribution in [2.75, 3.05) is 0 Å². The largest absolute Gasteiger partial charge is 2.00 e. The molecule has 70 valence electrons. The van der Waals surface area contributed by atoms with Crippen molar-refractivity contribution in [1.82, 2.24) is 0 Å². The third-order valence-electron chi connectivity index (χ3n) is 0.566. The Labute approximate surface area is 89.1 Å². The van der Waals surface area contributed by atoms with E-state index in [1.165, 1.54) is 0 Å². The summed E-state index contributed by atoms with van der Waals surface area (Å²) >= 11 is 0. The minimum Gasteiger partial charge on any atom is -0.665 e. The second-order valence-electron chi connectivity index (χ2n) is 1.41. The van der Waals surface area contributed by atoms with Gasteiger partial charge in [-0.25, -0.2) is 0 Å². The number of aliphatic hydroxyl groups is 1. The van der Waals surface area contributed by atoms with Gasteiger partial charge in [-0.15, -0.1) is 6.10 Å². The number of carboxylic acids is 2. The number of hydrogen-bond donors (Lipinski definition) is 4. The summed E-state index contributed by atoms with van der Waals surface area (Å²) in [5, 5.41) is 30.8. The summed E-state index contributed by atoms with van der Waals surface area (Å²) in [6, 6.07) is 0. The van der Waals surface area contributed by atoms with E-state index in [1.807, 2.05) is 0 Å². The van der Waals surface area contributed by atoms with E-state index in [0.29, 0.717) is 6.47 Å². The maximum absolute atomic E-state index is 9.68. The smallest absolute Gasteiger partial charge is 0.665 e. The maximum atomic E-state index is 9.68. The Morgan fingerprint density at radius 1 is 1.31 bits per heavy atom. The molecule has 0 aromatic rings. The van der Waals surface area contributed by atoms with Crippen molar-refractivity contribution in [3.63, 3.8) is 0 Å². The summed E-state index contributed by atoms with van der Waals surface area (Å²) < 4.78 is 0. The van der Waals surface area contributed by atoms with Crippen LogP contribution in [0.2, 0.25) is 0 Å². The molecule has 0 amide bonds. The fraction of sp³-hybridized carbons (Fsp3) is 0.200. The Balaban J connectivity index is -0.000000220. The second kappa shape index (κ2) is 11.0. The van der Waals surface area contributed by atoms with Gasteiger partial charge in [-0.3, -0.25) is 9.59 Å². The Bertz CT molecular complexity index is 168. The molecule has 0 atom stereocenters. The van der Waals surface area contributed by atoms with Crippen LogP contribution in [0.1, 0.15) is 6.42 Å². The predicted molar refractivity (Wildman–Crippen MR) is 39.1 cm³/mol. The monoisotopic (exact) mass is 202 g/mol. The summed E-state index contributed by atoms with van der Waals surface area (Å²) in [5.74, 6) is -2.97. The average Bonchev–Trinajstić information content (AvgIpc) is 1.87. The zero-order valence-corrected chi connectivity index (χ0v) is 7.84. The minimum atomic E-state index is -1.60. The van der Waals surface area contributed by atoms with Crippen molar-refractivity contribution in [3.05, 3.63) is 6.10 Å². The van der Waals surface area contributed by atoms with Crippen LogP contribution < -0.4 is 0 Å². The first kappa shape index (κ1) is 17.9. The van der Waals surface area contributed by atoms with Crippen molar-refractivity contribution in [2.24, 2.45) is 0 Å². The van der Waals surface area contributed by atoms with Crippen LogP contribution in [0.3, 0.4) is 0 Å². The molecule has 0 unspecified atom stereocenters. The average molecular weight is 202 g/mol. The Kier molecular flexibility index (Phi) is 15.2. The van der Waals surface area contributed by atoms with Crippen LogP contribution in [0, 0.1) is 6.10 Å². The van der Waals surface area contributed by atoms with Gasteiger partial charge in [0.05, 0.1) is 0 Å². The van der Waals surface area contributed by atoms with Crippen LogP contribution in [0.15, 0.2) is 0 Å². The minimum absolute atomic E-state index is 0. The van der Waals surface area contributed by atoms with Gasteiger partial charge >= 0.3 is 23.1 Å². The SMILES string of the molecule is O=C(O)C[C-](O)C(=O)O.O=[C-]O.[Mg+2]. The number of carboxylic acid groups (broad SMARTS) is 2. The molecule has 0 bridgehead atoms. The van der Waals surface area contributed by atoms with Crippen LogP contribution in [-0.4, -0.2) is 61.9 Å². The van der Waals surface area contributed by atoms with Gasteiger partial charge in [0.1, 0.15) is 0 Å². The van der Waals surface area contributed by atoms with Gasteiger partial charge in [-0.2, -0.15) is 0 Å². The fourth-order valence-corrected chi connectivity index (χ4v) is 0.219. The van der Waals surface area contributed by atoms with E-state index >= 15 is 0 Å². The van der Waals surface area contributed by atoms with E-state index in [4.69, 9.17) is 25.2 Å². The number of aliphatic hydroxyl groups excluding tert-OH is 2. The zero-order valence-electron chi connectivity index (χ0n) is 6.43. The molecule has 0 fully saturated rings. The molecule has 0 radical (unpaired) electrons. The van der Waals surface area contributed by atoms with E-state index < -0.39 is 24.5 Å². The first-order valence-corrected chi connectivity index (χ1v) is 2.46. The topological polar surface area (TPSA) is 132 Å². The molecule has 0 saturated heterocycles. The Morgan fingerprint density at radius 3 is 1.69 bits per heavy atom. The number of aliphatic carboxylic acids is 2. The first-order chi connectivity index (χ1) is 5.45. The van der Waals surface area contributed by atoms with Crippen LogP contribution in [0.5, 0.6) is 0 Å². The first-order valence-electron chi connectivity index (χ1n) is 2.46. The molecule has 0 aromatic heterocycles. The van der Waals surface area contributed by atoms with Crippen molar-refractivity contribution < 1.29 is 34.8 Å². The quantitative estimate of drug-likeness (QED) is 0.329. The number of hydrogen-bond acceptors (Lipinski definition) is 4.